The van der Waals surface area contributed by atoms with E-state index >= 15 is 0 Å². The molecule has 2 unspecified atom stereocenters. The monoisotopic (exact) mass is 245 g/mol. The van der Waals surface area contributed by atoms with Gasteiger partial charge in [0, 0.05) is 6.92 Å². The fraction of sp³-hybridized carbons (Fsp3) is 0.909. The Morgan fingerprint density at radius 1 is 1.35 bits per heavy atom. The molecule has 0 aliphatic carbocycles. The Hall–Kier alpha value is -0.690. The predicted molar refractivity (Wildman–Crippen MR) is 58.1 cm³/mol. The zero-order valence-corrected chi connectivity index (χ0v) is 10.2. The van der Waals surface area contributed by atoms with E-state index in [1.807, 2.05) is 13.8 Å². The lowest BCUT2D eigenvalue weighted by atomic mass is 9.72. The van der Waals surface area contributed by atoms with Crippen molar-refractivity contribution in [3.63, 3.8) is 0 Å². The lowest BCUT2D eigenvalue weighted by molar-refractivity contribution is -0.296. The predicted octanol–water partition coefficient (Wildman–Crippen LogP) is -1.52. The highest BCUT2D eigenvalue weighted by Gasteiger charge is 2.64. The summed E-state index contributed by atoms with van der Waals surface area (Å²) in [5.74, 6) is -0.159. The molecular weight excluding hydrogens is 226 g/mol. The first kappa shape index (κ1) is 12.8. The number of carbonyl (C=O) groups excluding carboxylic acids is 1. The Morgan fingerprint density at radius 3 is 2.41 bits per heavy atom. The molecule has 6 nitrogen and oxygen atoms in total. The second kappa shape index (κ2) is 3.91. The number of aliphatic hydroxyl groups excluding tert-OH is 3. The van der Waals surface area contributed by atoms with Gasteiger partial charge in [-0.05, 0) is 13.8 Å². The zero-order chi connectivity index (χ0) is 13.0. The number of fused-ring (bicyclic) bond motifs is 1. The molecule has 0 aromatic rings. The van der Waals surface area contributed by atoms with Gasteiger partial charge in [0.1, 0.15) is 24.4 Å². The highest BCUT2D eigenvalue weighted by atomic mass is 16.5. The highest BCUT2D eigenvalue weighted by Crippen LogP contribution is 2.44. The lowest BCUT2D eigenvalue weighted by Gasteiger charge is -2.65. The molecule has 98 valence electrons. The van der Waals surface area contributed by atoms with E-state index in [1.54, 1.807) is 0 Å². The van der Waals surface area contributed by atoms with Crippen LogP contribution in [-0.2, 0) is 9.53 Å². The summed E-state index contributed by atoms with van der Waals surface area (Å²) in [6.07, 6.45) is -3.40. The SMILES string of the molecule is CC(=O)N1[C@H]2C(O)[C@@H](O)C(CO)O[C@@H]2C1(C)C. The molecule has 2 heterocycles. The minimum absolute atomic E-state index is 0.159. The van der Waals surface area contributed by atoms with Gasteiger partial charge in [0.2, 0.25) is 5.91 Å². The number of likely N-dealkylation sites (tertiary alicyclic amines) is 1. The minimum Gasteiger partial charge on any atom is -0.394 e. The third kappa shape index (κ3) is 1.59. The third-order valence-corrected chi connectivity index (χ3v) is 3.85. The van der Waals surface area contributed by atoms with Crippen molar-refractivity contribution >= 4 is 5.91 Å². The summed E-state index contributed by atoms with van der Waals surface area (Å²) >= 11 is 0. The molecule has 3 N–H and O–H groups in total. The van der Waals surface area contributed by atoms with Gasteiger partial charge in [-0.15, -0.1) is 0 Å². The Bertz CT molecular complexity index is 332. The van der Waals surface area contributed by atoms with Crippen LogP contribution < -0.4 is 0 Å². The molecule has 2 aliphatic heterocycles. The lowest BCUT2D eigenvalue weighted by Crippen LogP contribution is -2.83. The maximum absolute atomic E-state index is 11.5. The third-order valence-electron chi connectivity index (χ3n) is 3.85. The van der Waals surface area contributed by atoms with E-state index in [9.17, 15) is 15.0 Å². The van der Waals surface area contributed by atoms with Crippen LogP contribution in [0.1, 0.15) is 20.8 Å². The van der Waals surface area contributed by atoms with E-state index in [0.29, 0.717) is 0 Å². The van der Waals surface area contributed by atoms with Gasteiger partial charge in [0.25, 0.3) is 0 Å². The summed E-state index contributed by atoms with van der Waals surface area (Å²) in [4.78, 5) is 13.1. The van der Waals surface area contributed by atoms with Crippen LogP contribution in [0.5, 0.6) is 0 Å². The molecule has 0 bridgehead atoms. The van der Waals surface area contributed by atoms with Crippen LogP contribution in [0.15, 0.2) is 0 Å². The summed E-state index contributed by atoms with van der Waals surface area (Å²) < 4.78 is 5.56. The van der Waals surface area contributed by atoms with Crippen molar-refractivity contribution in [1.82, 2.24) is 4.90 Å². The maximum atomic E-state index is 11.5. The number of hydrogen-bond acceptors (Lipinski definition) is 5. The number of ether oxygens (including phenoxy) is 1. The molecule has 6 heteroatoms. The molecule has 5 atom stereocenters. The van der Waals surface area contributed by atoms with Gasteiger partial charge in [0.15, 0.2) is 0 Å². The molecule has 2 rings (SSSR count). The Morgan fingerprint density at radius 2 is 1.94 bits per heavy atom. The Balaban J connectivity index is 2.25. The Kier molecular flexibility index (Phi) is 2.94. The molecule has 0 saturated carbocycles. The summed E-state index contributed by atoms with van der Waals surface area (Å²) in [6.45, 7) is 4.76. The first-order valence-corrected chi connectivity index (χ1v) is 5.74. The fourth-order valence-corrected chi connectivity index (χ4v) is 3.03. The van der Waals surface area contributed by atoms with E-state index in [0.717, 1.165) is 0 Å². The first-order chi connectivity index (χ1) is 7.82. The number of nitrogens with zero attached hydrogens (tertiary/aromatic N) is 1. The van der Waals surface area contributed by atoms with Crippen molar-refractivity contribution in [2.75, 3.05) is 6.61 Å². The molecule has 0 radical (unpaired) electrons. The minimum atomic E-state index is -1.17. The van der Waals surface area contributed by atoms with Crippen LogP contribution in [0.3, 0.4) is 0 Å². The number of amides is 1. The highest BCUT2D eigenvalue weighted by molar-refractivity contribution is 5.76. The molecule has 2 saturated heterocycles. The van der Waals surface area contributed by atoms with Crippen molar-refractivity contribution in [3.8, 4) is 0 Å². The summed E-state index contributed by atoms with van der Waals surface area (Å²) in [5, 5.41) is 28.8. The zero-order valence-electron chi connectivity index (χ0n) is 10.2. The van der Waals surface area contributed by atoms with Gasteiger partial charge in [-0.2, -0.15) is 0 Å². The fourth-order valence-electron chi connectivity index (χ4n) is 3.03. The van der Waals surface area contributed by atoms with Gasteiger partial charge in [0.05, 0.1) is 18.2 Å². The van der Waals surface area contributed by atoms with Crippen LogP contribution >= 0.6 is 0 Å². The molecule has 17 heavy (non-hydrogen) atoms. The number of rotatable bonds is 1. The molecule has 2 aliphatic rings. The molecule has 0 aromatic heterocycles. The Labute approximate surface area is 99.8 Å². The summed E-state index contributed by atoms with van der Waals surface area (Å²) in [6, 6.07) is -0.528. The van der Waals surface area contributed by atoms with Gasteiger partial charge in [-0.25, -0.2) is 0 Å². The summed E-state index contributed by atoms with van der Waals surface area (Å²) in [5.41, 5.74) is -0.523. The van der Waals surface area contributed by atoms with Crippen LogP contribution in [0.25, 0.3) is 0 Å². The van der Waals surface area contributed by atoms with E-state index in [4.69, 9.17) is 9.84 Å². The van der Waals surface area contributed by atoms with Crippen LogP contribution in [0, 0.1) is 0 Å². The maximum Gasteiger partial charge on any atom is 0.220 e. The number of aliphatic hydroxyl groups is 3. The van der Waals surface area contributed by atoms with Crippen molar-refractivity contribution in [2.45, 2.75) is 56.8 Å². The quantitative estimate of drug-likeness (QED) is 0.522. The van der Waals surface area contributed by atoms with Crippen LogP contribution in [0.4, 0.5) is 0 Å². The largest absolute Gasteiger partial charge is 0.394 e. The van der Waals surface area contributed by atoms with E-state index < -0.39 is 29.9 Å². The van der Waals surface area contributed by atoms with Crippen LogP contribution in [0.2, 0.25) is 0 Å². The van der Waals surface area contributed by atoms with Crippen molar-refractivity contribution in [3.05, 3.63) is 0 Å². The second-order valence-electron chi connectivity index (χ2n) is 5.29. The van der Waals surface area contributed by atoms with Crippen molar-refractivity contribution in [2.24, 2.45) is 0 Å². The smallest absolute Gasteiger partial charge is 0.220 e. The first-order valence-electron chi connectivity index (χ1n) is 5.74. The van der Waals surface area contributed by atoms with Gasteiger partial charge in [-0.3, -0.25) is 4.79 Å². The van der Waals surface area contributed by atoms with Gasteiger partial charge in [-0.1, -0.05) is 0 Å². The molecule has 2 fully saturated rings. The molecule has 0 spiro atoms. The molecule has 1 amide bonds. The average Bonchev–Trinajstić information content (AvgIpc) is 2.23. The average molecular weight is 245 g/mol. The topological polar surface area (TPSA) is 90.2 Å². The van der Waals surface area contributed by atoms with Crippen LogP contribution in [-0.4, -0.2) is 68.7 Å². The molecule has 0 aromatic carbocycles. The van der Waals surface area contributed by atoms with Crippen molar-refractivity contribution < 1.29 is 24.9 Å². The summed E-state index contributed by atoms with van der Waals surface area (Å²) in [7, 11) is 0. The van der Waals surface area contributed by atoms with Gasteiger partial charge < -0.3 is 25.0 Å². The van der Waals surface area contributed by atoms with E-state index in [2.05, 4.69) is 0 Å². The second-order valence-corrected chi connectivity index (χ2v) is 5.29. The number of carbonyl (C=O) groups is 1. The van der Waals surface area contributed by atoms with E-state index in [-0.39, 0.29) is 18.6 Å². The van der Waals surface area contributed by atoms with Gasteiger partial charge >= 0.3 is 0 Å². The standard InChI is InChI=1S/C11H19NO5/c1-5(14)12-7-9(16)8(15)6(4-13)17-10(7)11(12,2)3/h6-10,13,15-16H,4H2,1-3H3/t6?,7-,8-,9?,10-/m0/s1. The van der Waals surface area contributed by atoms with E-state index in [1.165, 1.54) is 11.8 Å². The molecular formula is C11H19NO5. The number of hydrogen-bond donors (Lipinski definition) is 3. The normalized spacial score (nSPS) is 43.9. The van der Waals surface area contributed by atoms with Crippen molar-refractivity contribution in [1.29, 1.82) is 0 Å².